The third-order valence-corrected chi connectivity index (χ3v) is 9.40. The summed E-state index contributed by atoms with van der Waals surface area (Å²) < 4.78 is 68.0. The summed E-state index contributed by atoms with van der Waals surface area (Å²) in [5, 5.41) is 0. The maximum absolute atomic E-state index is 15.9. The van der Waals surface area contributed by atoms with Crippen molar-refractivity contribution >= 4 is 34.1 Å². The molecule has 0 aromatic heterocycles. The van der Waals surface area contributed by atoms with E-state index in [1.54, 1.807) is 23.1 Å². The molecule has 0 atom stereocenters. The topological polar surface area (TPSA) is 22.2 Å². The van der Waals surface area contributed by atoms with Gasteiger partial charge in [-0.25, -0.2) is 0 Å². The third kappa shape index (κ3) is 3.90. The van der Waals surface area contributed by atoms with Crippen LogP contribution >= 0.6 is 0 Å². The van der Waals surface area contributed by atoms with Gasteiger partial charge in [0, 0.05) is 57.0 Å². The van der Waals surface area contributed by atoms with Crippen LogP contribution in [0, 0.1) is 48.7 Å². The smallest absolute Gasteiger partial charge is 0.503 e. The zero-order chi connectivity index (χ0) is 32.3. The van der Waals surface area contributed by atoms with E-state index >= 15 is 17.6 Å². The van der Waals surface area contributed by atoms with Gasteiger partial charge < -0.3 is 24.3 Å². The Balaban J connectivity index is 0.00000325. The summed E-state index contributed by atoms with van der Waals surface area (Å²) in [6, 6.07) is 37.8. The molecule has 10 rings (SSSR count). The Kier molecular flexibility index (Phi) is 6.46. The average Bonchev–Trinajstić information content (AvgIpc) is 3.76. The van der Waals surface area contributed by atoms with Gasteiger partial charge in [0.25, 0.3) is 0 Å². The monoisotopic (exact) mass is 831 g/mol. The fraction of sp³-hybridized carbons (Fsp3) is 0.0256. The molecule has 0 saturated heterocycles. The molecule has 49 heavy (non-hydrogen) atoms. The number of benzene rings is 6. The van der Waals surface area contributed by atoms with Crippen LogP contribution < -0.4 is 24.3 Å². The second-order valence-electron chi connectivity index (χ2n) is 11.8. The quantitative estimate of drug-likeness (QED) is 0.112. The molecule has 6 aromatic carbocycles. The van der Waals surface area contributed by atoms with Crippen LogP contribution in [0.5, 0.6) is 11.5 Å². The molecule has 8 bridgehead atoms. The zero-order valence-corrected chi connectivity index (χ0v) is 27.3. The molecule has 0 N–H and O–H groups in total. The molecule has 6 aromatic rings. The fourth-order valence-corrected chi connectivity index (χ4v) is 7.46. The number of halogens is 4. The number of hydrogen-bond acceptors (Lipinski definition) is 5. The van der Waals surface area contributed by atoms with Gasteiger partial charge in [0.1, 0.15) is 5.66 Å². The Hall–Kier alpha value is -5.27. The molecule has 1 aliphatic carbocycles. The molecule has 0 radical (unpaired) electrons. The van der Waals surface area contributed by atoms with Crippen LogP contribution in [0.4, 0.5) is 51.7 Å². The molecule has 240 valence electrons. The molecule has 0 saturated carbocycles. The minimum absolute atomic E-state index is 0. The molecule has 0 unspecified atom stereocenters. The number of ether oxygens (including phenoxy) is 1. The first kappa shape index (κ1) is 29.8. The van der Waals surface area contributed by atoms with Crippen LogP contribution in [0.15, 0.2) is 109 Å². The first-order valence-corrected chi connectivity index (χ1v) is 15.2. The number of fused-ring (bicyclic) bond motifs is 23. The Morgan fingerprint density at radius 3 is 1.35 bits per heavy atom. The number of nitrogens with zero attached hydrogens (tertiary/aromatic N) is 4. The van der Waals surface area contributed by atoms with Crippen LogP contribution in [0.3, 0.4) is 0 Å². The molecule has 10 heteroatoms. The summed E-state index contributed by atoms with van der Waals surface area (Å²) in [6.07, 6.45) is 0. The van der Waals surface area contributed by atoms with Crippen LogP contribution in [-0.4, -0.2) is 0 Å². The second kappa shape index (κ2) is 10.6. The van der Waals surface area contributed by atoms with Gasteiger partial charge in [-0.05, 0) is 35.4 Å². The van der Waals surface area contributed by atoms with Crippen LogP contribution in [0.2, 0.25) is 0 Å². The standard InChI is InChI=1S/C39H20F4N4O.Pt/c40-27-17-29(42)37-19-35(27)44-21-46(33-15-7-5-13-31(33)44)39(25-11-3-1-9-23(25)24-10-2-4-12-26(24)39)47-22-45(32-14-6-8-16-34(32)47)36-20-38(48-37)30(43)18-28(36)41;/h1-18,21-22H;/q-4;+4. The van der Waals surface area contributed by atoms with E-state index in [-0.39, 0.29) is 32.4 Å². The average molecular weight is 832 g/mol. The molecule has 5 nitrogen and oxygen atoms in total. The minimum atomic E-state index is -1.16. The van der Waals surface area contributed by atoms with Crippen molar-refractivity contribution in [2.24, 2.45) is 0 Å². The largest absolute Gasteiger partial charge is 4.00 e. The van der Waals surface area contributed by atoms with Gasteiger partial charge in [-0.1, -0.05) is 96.3 Å². The SMILES string of the molecule is Fc1cc(F)c2[c-]c1Oc1[c-]c(c(F)cc1F)N1[CH-]N(c3ccccc31)C1(c3ccccc3-c3ccccc31)N1[CH-]N2c2ccccc21.[Pt+4]. The predicted octanol–water partition coefficient (Wildman–Crippen LogP) is 9.68. The van der Waals surface area contributed by atoms with Gasteiger partial charge >= 0.3 is 21.1 Å². The molecule has 1 spiro atoms. The number of anilines is 6. The summed E-state index contributed by atoms with van der Waals surface area (Å²) in [6.45, 7) is 3.52. The van der Waals surface area contributed by atoms with Crippen molar-refractivity contribution in [3.8, 4) is 22.6 Å². The van der Waals surface area contributed by atoms with E-state index in [4.69, 9.17) is 4.74 Å². The Morgan fingerprint density at radius 2 is 0.898 bits per heavy atom. The van der Waals surface area contributed by atoms with E-state index in [2.05, 4.69) is 46.2 Å². The second-order valence-corrected chi connectivity index (χ2v) is 11.8. The van der Waals surface area contributed by atoms with Gasteiger partial charge in [-0.2, -0.15) is 0 Å². The summed E-state index contributed by atoms with van der Waals surface area (Å²) >= 11 is 0. The maximum Gasteiger partial charge on any atom is 4.00 e. The van der Waals surface area contributed by atoms with Crippen molar-refractivity contribution < 1.29 is 43.4 Å². The first-order chi connectivity index (χ1) is 23.4. The van der Waals surface area contributed by atoms with E-state index in [1.807, 2.05) is 72.8 Å². The molecule has 0 fully saturated rings. The van der Waals surface area contributed by atoms with Gasteiger partial charge in [0.15, 0.2) is 0 Å². The van der Waals surface area contributed by atoms with E-state index < -0.39 is 40.4 Å². The molecule has 3 aliphatic heterocycles. The van der Waals surface area contributed by atoms with E-state index in [0.29, 0.717) is 34.9 Å². The van der Waals surface area contributed by atoms with Crippen molar-refractivity contribution in [3.63, 3.8) is 0 Å². The van der Waals surface area contributed by atoms with Crippen molar-refractivity contribution in [2.75, 3.05) is 19.6 Å². The summed E-state index contributed by atoms with van der Waals surface area (Å²) in [5.74, 6) is -5.17. The Morgan fingerprint density at radius 1 is 0.510 bits per heavy atom. The number of para-hydroxylation sites is 4. The zero-order valence-electron chi connectivity index (χ0n) is 25.1. The van der Waals surface area contributed by atoms with E-state index in [0.717, 1.165) is 22.3 Å². The predicted molar refractivity (Wildman–Crippen MR) is 174 cm³/mol. The van der Waals surface area contributed by atoms with Crippen LogP contribution in [0.25, 0.3) is 11.1 Å². The first-order valence-electron chi connectivity index (χ1n) is 15.2. The van der Waals surface area contributed by atoms with Crippen molar-refractivity contribution in [2.45, 2.75) is 5.66 Å². The normalized spacial score (nSPS) is 15.6. The molecule has 0 amide bonds. The summed E-state index contributed by atoms with van der Waals surface area (Å²) in [4.78, 5) is 7.29. The third-order valence-electron chi connectivity index (χ3n) is 9.40. The molecule has 3 heterocycles. The van der Waals surface area contributed by atoms with Crippen LogP contribution in [0.1, 0.15) is 11.1 Å². The van der Waals surface area contributed by atoms with Crippen LogP contribution in [-0.2, 0) is 26.7 Å². The molecular weight excluding hydrogens is 812 g/mol. The Bertz CT molecular complexity index is 2190. The van der Waals surface area contributed by atoms with E-state index in [1.165, 1.54) is 0 Å². The van der Waals surface area contributed by atoms with Crippen molar-refractivity contribution in [1.29, 1.82) is 0 Å². The maximum atomic E-state index is 15.9. The van der Waals surface area contributed by atoms with Gasteiger partial charge in [0.2, 0.25) is 0 Å². The van der Waals surface area contributed by atoms with Crippen molar-refractivity contribution in [1.82, 2.24) is 0 Å². The number of rotatable bonds is 0. The minimum Gasteiger partial charge on any atom is -0.503 e. The number of hydrogen-bond donors (Lipinski definition) is 0. The van der Waals surface area contributed by atoms with Gasteiger partial charge in [-0.3, -0.25) is 17.6 Å². The summed E-state index contributed by atoms with van der Waals surface area (Å²) in [5.41, 5.74) is 4.95. The Labute approximate surface area is 293 Å². The van der Waals surface area contributed by atoms with Gasteiger partial charge in [-0.15, -0.1) is 25.5 Å². The van der Waals surface area contributed by atoms with Gasteiger partial charge in [0.05, 0.1) is 11.6 Å². The molecule has 4 aliphatic rings. The van der Waals surface area contributed by atoms with E-state index in [9.17, 15) is 0 Å². The van der Waals surface area contributed by atoms with Crippen molar-refractivity contribution in [3.05, 3.63) is 169 Å². The fourth-order valence-electron chi connectivity index (χ4n) is 7.46. The molecular formula is C39H20F4N4OPt. The summed E-state index contributed by atoms with van der Waals surface area (Å²) in [7, 11) is 0.